The Balaban J connectivity index is 2.37. The van der Waals surface area contributed by atoms with E-state index in [1.807, 2.05) is 0 Å². The van der Waals surface area contributed by atoms with Gasteiger partial charge in [-0.05, 0) is 35.4 Å². The Hall–Kier alpha value is -3.37. The molecule has 1 atom stereocenters. The Morgan fingerprint density at radius 2 is 1.65 bits per heavy atom. The molecule has 0 bridgehead atoms. The van der Waals surface area contributed by atoms with Crippen LogP contribution < -0.4 is 30.0 Å². The predicted octanol–water partition coefficient (Wildman–Crippen LogP) is 2.74. The molecule has 2 rings (SSSR count). The summed E-state index contributed by atoms with van der Waals surface area (Å²) < 4.78 is 45.7. The van der Waals surface area contributed by atoms with Crippen LogP contribution in [0.2, 0.25) is 0 Å². The van der Waals surface area contributed by atoms with Crippen molar-refractivity contribution in [2.45, 2.75) is 12.7 Å². The lowest BCUT2D eigenvalue weighted by Crippen LogP contribution is -2.38. The minimum atomic E-state index is -3.08. The average molecular weight is 438 g/mol. The summed E-state index contributed by atoms with van der Waals surface area (Å²) in [6, 6.07) is 6.52. The number of nitrogens with one attached hydrogen (secondary N) is 1. The Labute approximate surface area is 178 Å². The van der Waals surface area contributed by atoms with Crippen LogP contribution in [0.4, 0.5) is 14.5 Å². The van der Waals surface area contributed by atoms with Crippen LogP contribution in [0.25, 0.3) is 12.2 Å². The second kappa shape index (κ2) is 11.1. The smallest absolute Gasteiger partial charge is 0.387 e. The number of amides is 1. The molecule has 2 aromatic carbocycles. The zero-order valence-corrected chi connectivity index (χ0v) is 17.2. The van der Waals surface area contributed by atoms with Gasteiger partial charge in [-0.2, -0.15) is 8.78 Å². The van der Waals surface area contributed by atoms with E-state index in [0.717, 1.165) is 5.56 Å². The molecule has 168 valence electrons. The maximum absolute atomic E-state index is 12.7. The number of hydrogen-bond acceptors (Lipinski definition) is 7. The molecule has 10 heteroatoms. The van der Waals surface area contributed by atoms with Gasteiger partial charge in [-0.15, -0.1) is 0 Å². The van der Waals surface area contributed by atoms with Crippen molar-refractivity contribution in [3.8, 4) is 23.0 Å². The Kier molecular flexibility index (Phi) is 8.59. The first-order valence-electron chi connectivity index (χ1n) is 9.07. The standard InChI is InChI=1S/C21H24F2N2O6/c1-28-17-9-13(10-18(29-2)19(17)30-3)5-4-12-6-7-16(31-21(22)23)15(8-12)25-20(27)14(24)11-26/h4-10,14,21,26H,11,24H2,1-3H3,(H,25,27)/b5-4-/t14-/m1/s1. The molecule has 0 radical (unpaired) electrons. The quantitative estimate of drug-likeness (QED) is 0.489. The number of hydrogen-bond donors (Lipinski definition) is 3. The van der Waals surface area contributed by atoms with E-state index in [4.69, 9.17) is 25.1 Å². The number of ether oxygens (including phenoxy) is 4. The highest BCUT2D eigenvalue weighted by Crippen LogP contribution is 2.38. The molecule has 0 saturated carbocycles. The average Bonchev–Trinajstić information content (AvgIpc) is 2.77. The molecule has 0 heterocycles. The number of rotatable bonds is 10. The van der Waals surface area contributed by atoms with Gasteiger partial charge in [-0.1, -0.05) is 18.2 Å². The summed E-state index contributed by atoms with van der Waals surface area (Å²) in [6.07, 6.45) is 3.42. The van der Waals surface area contributed by atoms with Gasteiger partial charge in [0.25, 0.3) is 0 Å². The fraction of sp³-hybridized carbons (Fsp3) is 0.286. The van der Waals surface area contributed by atoms with Crippen LogP contribution in [0, 0.1) is 0 Å². The Bertz CT molecular complexity index is 911. The number of anilines is 1. The molecule has 0 aliphatic heterocycles. The van der Waals surface area contributed by atoms with Crippen LogP contribution >= 0.6 is 0 Å². The highest BCUT2D eigenvalue weighted by Gasteiger charge is 2.17. The number of nitrogens with two attached hydrogens (primary N) is 1. The van der Waals surface area contributed by atoms with Gasteiger partial charge in [-0.3, -0.25) is 4.79 Å². The molecule has 8 nitrogen and oxygen atoms in total. The summed E-state index contributed by atoms with van der Waals surface area (Å²) >= 11 is 0. The Morgan fingerprint density at radius 1 is 1.03 bits per heavy atom. The predicted molar refractivity (Wildman–Crippen MR) is 112 cm³/mol. The summed E-state index contributed by atoms with van der Waals surface area (Å²) in [6.45, 7) is -3.68. The minimum Gasteiger partial charge on any atom is -0.493 e. The summed E-state index contributed by atoms with van der Waals surface area (Å²) in [5.74, 6) is 0.396. The highest BCUT2D eigenvalue weighted by molar-refractivity contribution is 5.96. The first-order chi connectivity index (χ1) is 14.8. The van der Waals surface area contributed by atoms with E-state index in [1.54, 1.807) is 24.3 Å². The number of carbonyl (C=O) groups excluding carboxylic acids is 1. The second-order valence-electron chi connectivity index (χ2n) is 6.20. The van der Waals surface area contributed by atoms with Gasteiger partial charge >= 0.3 is 6.61 Å². The van der Waals surface area contributed by atoms with E-state index in [9.17, 15) is 13.6 Å². The SMILES string of the molecule is COc1cc(/C=C\c2ccc(OC(F)F)c(NC(=O)[C@H](N)CO)c2)cc(OC)c1OC. The molecule has 4 N–H and O–H groups in total. The Morgan fingerprint density at radius 3 is 2.16 bits per heavy atom. The molecule has 0 aliphatic carbocycles. The topological polar surface area (TPSA) is 112 Å². The van der Waals surface area contributed by atoms with Crippen molar-refractivity contribution < 1.29 is 37.6 Å². The second-order valence-corrected chi connectivity index (χ2v) is 6.20. The first-order valence-corrected chi connectivity index (χ1v) is 9.07. The third-order valence-corrected chi connectivity index (χ3v) is 4.17. The van der Waals surface area contributed by atoms with Crippen molar-refractivity contribution in [3.63, 3.8) is 0 Å². The lowest BCUT2D eigenvalue weighted by atomic mass is 10.1. The number of alkyl halides is 2. The molecular weight excluding hydrogens is 414 g/mol. The summed E-state index contributed by atoms with van der Waals surface area (Å²) in [5, 5.41) is 11.4. The molecule has 2 aromatic rings. The van der Waals surface area contributed by atoms with Crippen LogP contribution in [-0.2, 0) is 4.79 Å². The lowest BCUT2D eigenvalue weighted by molar-refractivity contribution is -0.118. The van der Waals surface area contributed by atoms with E-state index in [-0.39, 0.29) is 11.4 Å². The van der Waals surface area contributed by atoms with Gasteiger partial charge in [0.1, 0.15) is 11.8 Å². The van der Waals surface area contributed by atoms with Crippen molar-refractivity contribution in [1.29, 1.82) is 0 Å². The maximum Gasteiger partial charge on any atom is 0.387 e. The third kappa shape index (κ3) is 6.30. The zero-order valence-electron chi connectivity index (χ0n) is 17.2. The van der Waals surface area contributed by atoms with Crippen LogP contribution in [0.15, 0.2) is 30.3 Å². The normalized spacial score (nSPS) is 12.0. The summed E-state index contributed by atoms with van der Waals surface area (Å²) in [7, 11) is 4.49. The monoisotopic (exact) mass is 438 g/mol. The molecule has 1 amide bonds. The molecule has 0 aromatic heterocycles. The third-order valence-electron chi connectivity index (χ3n) is 4.17. The molecular formula is C21H24F2N2O6. The zero-order chi connectivity index (χ0) is 23.0. The number of methoxy groups -OCH3 is 3. The molecule has 0 unspecified atom stereocenters. The van der Waals surface area contributed by atoms with Gasteiger partial charge in [0.05, 0.1) is 33.6 Å². The van der Waals surface area contributed by atoms with Crippen LogP contribution in [-0.4, -0.2) is 51.6 Å². The van der Waals surface area contributed by atoms with E-state index in [0.29, 0.717) is 22.8 Å². The molecule has 0 saturated heterocycles. The van der Waals surface area contributed by atoms with Gasteiger partial charge in [0, 0.05) is 0 Å². The molecule has 0 fully saturated rings. The van der Waals surface area contributed by atoms with E-state index in [1.165, 1.54) is 39.5 Å². The van der Waals surface area contributed by atoms with Crippen LogP contribution in [0.1, 0.15) is 11.1 Å². The number of carbonyl (C=O) groups is 1. The maximum atomic E-state index is 12.7. The van der Waals surface area contributed by atoms with Crippen molar-refractivity contribution in [2.24, 2.45) is 5.73 Å². The van der Waals surface area contributed by atoms with Gasteiger partial charge in [0.15, 0.2) is 11.5 Å². The number of halogens is 2. The van der Waals surface area contributed by atoms with Gasteiger partial charge in [-0.25, -0.2) is 0 Å². The number of aliphatic hydroxyl groups is 1. The van der Waals surface area contributed by atoms with Gasteiger partial charge < -0.3 is 35.1 Å². The molecule has 0 spiro atoms. The van der Waals surface area contributed by atoms with E-state index >= 15 is 0 Å². The minimum absolute atomic E-state index is 0.0127. The number of aliphatic hydroxyl groups excluding tert-OH is 1. The molecule has 0 aliphatic rings. The highest BCUT2D eigenvalue weighted by atomic mass is 19.3. The number of benzene rings is 2. The van der Waals surface area contributed by atoms with E-state index < -0.39 is 25.2 Å². The lowest BCUT2D eigenvalue weighted by Gasteiger charge is -2.15. The van der Waals surface area contributed by atoms with Gasteiger partial charge in [0.2, 0.25) is 11.7 Å². The van der Waals surface area contributed by atoms with Crippen LogP contribution in [0.5, 0.6) is 23.0 Å². The van der Waals surface area contributed by atoms with Crippen molar-refractivity contribution in [3.05, 3.63) is 41.5 Å². The molecule has 31 heavy (non-hydrogen) atoms. The first kappa shape index (κ1) is 23.9. The fourth-order valence-electron chi connectivity index (χ4n) is 2.65. The van der Waals surface area contributed by atoms with Crippen molar-refractivity contribution in [2.75, 3.05) is 33.3 Å². The fourth-order valence-corrected chi connectivity index (χ4v) is 2.65. The summed E-state index contributed by atoms with van der Waals surface area (Å²) in [4.78, 5) is 12.0. The van der Waals surface area contributed by atoms with Crippen molar-refractivity contribution >= 4 is 23.7 Å². The van der Waals surface area contributed by atoms with Crippen molar-refractivity contribution in [1.82, 2.24) is 0 Å². The van der Waals surface area contributed by atoms with Crippen LogP contribution in [0.3, 0.4) is 0 Å². The van der Waals surface area contributed by atoms with E-state index in [2.05, 4.69) is 10.1 Å². The summed E-state index contributed by atoms with van der Waals surface area (Å²) in [5.41, 5.74) is 6.75. The largest absolute Gasteiger partial charge is 0.493 e.